The summed E-state index contributed by atoms with van der Waals surface area (Å²) >= 11 is 12.2. The minimum absolute atomic E-state index is 0.117. The average Bonchev–Trinajstić information content (AvgIpc) is 2.92. The smallest absolute Gasteiger partial charge is 0.328 e. The van der Waals surface area contributed by atoms with E-state index in [4.69, 9.17) is 27.9 Å². The van der Waals surface area contributed by atoms with E-state index in [1.54, 1.807) is 47.4 Å². The summed E-state index contributed by atoms with van der Waals surface area (Å²) in [5.41, 5.74) is 2.21. The summed E-state index contributed by atoms with van der Waals surface area (Å²) in [7, 11) is 1.23. The largest absolute Gasteiger partial charge is 0.480 e. The Kier molecular flexibility index (Phi) is 9.65. The van der Waals surface area contributed by atoms with Gasteiger partial charge in [-0.2, -0.15) is 0 Å². The molecule has 1 aliphatic rings. The second-order valence-corrected chi connectivity index (χ2v) is 10.5. The van der Waals surface area contributed by atoms with Crippen molar-refractivity contribution in [2.75, 3.05) is 12.4 Å². The van der Waals surface area contributed by atoms with Gasteiger partial charge in [-0.3, -0.25) is 19.3 Å². The minimum Gasteiger partial charge on any atom is -0.480 e. The lowest BCUT2D eigenvalue weighted by molar-refractivity contribution is -0.161. The molecule has 0 spiro atoms. The van der Waals surface area contributed by atoms with Gasteiger partial charge in [0.1, 0.15) is 12.1 Å². The molecule has 3 aromatic rings. The highest BCUT2D eigenvalue weighted by Crippen LogP contribution is 2.36. The van der Waals surface area contributed by atoms with Gasteiger partial charge in [0.15, 0.2) is 0 Å². The van der Waals surface area contributed by atoms with Crippen LogP contribution in [0.2, 0.25) is 10.0 Å². The van der Waals surface area contributed by atoms with Gasteiger partial charge in [-0.05, 0) is 48.7 Å². The van der Waals surface area contributed by atoms with Crippen molar-refractivity contribution in [3.8, 4) is 0 Å². The highest BCUT2D eigenvalue weighted by Gasteiger charge is 2.49. The van der Waals surface area contributed by atoms with E-state index in [9.17, 15) is 24.3 Å². The Labute approximate surface area is 247 Å². The number of benzene rings is 3. The van der Waals surface area contributed by atoms with Gasteiger partial charge in [-0.1, -0.05) is 71.7 Å². The number of nitrogens with one attached hydrogen (secondary N) is 2. The number of carboxylic acid groups (broad SMARTS) is 1. The summed E-state index contributed by atoms with van der Waals surface area (Å²) in [4.78, 5) is 52.0. The Hall–Kier alpha value is -3.92. The third kappa shape index (κ3) is 6.87. The highest BCUT2D eigenvalue weighted by atomic mass is 35.5. The Morgan fingerprint density at radius 1 is 0.951 bits per heavy atom. The average molecular weight is 598 g/mol. The minimum atomic E-state index is -1.01. The standard InChI is InChI=1S/C30H29Cl2N3O6/c1-17(19-7-4-3-5-8-19)35-24(16-25(35)29(38)39)27(36)34-23(30(40)41-2)15-18-11-13-20(14-12-18)33-28(37)26-21(31)9-6-10-22(26)32/h3-14,17,23-25H,15-16H2,1-2H3,(H,33,37)(H,34,36)(H,38,39)/t17-,23?,24+,25-/m0/s1. The second kappa shape index (κ2) is 13.2. The first-order valence-electron chi connectivity index (χ1n) is 12.9. The van der Waals surface area contributed by atoms with Crippen LogP contribution in [0.5, 0.6) is 0 Å². The molecule has 4 rings (SSSR count). The summed E-state index contributed by atoms with van der Waals surface area (Å²) in [6, 6.07) is 17.9. The zero-order valence-corrected chi connectivity index (χ0v) is 23.9. The molecule has 0 saturated carbocycles. The lowest BCUT2D eigenvalue weighted by Crippen LogP contribution is -2.66. The number of esters is 1. The highest BCUT2D eigenvalue weighted by molar-refractivity contribution is 6.40. The van der Waals surface area contributed by atoms with Gasteiger partial charge in [-0.15, -0.1) is 0 Å². The lowest BCUT2D eigenvalue weighted by Gasteiger charge is -2.49. The van der Waals surface area contributed by atoms with E-state index in [0.717, 1.165) is 5.56 Å². The molecule has 0 aromatic heterocycles. The fourth-order valence-corrected chi connectivity index (χ4v) is 5.49. The molecule has 214 valence electrons. The Balaban J connectivity index is 1.44. The van der Waals surface area contributed by atoms with Gasteiger partial charge in [0.2, 0.25) is 5.91 Å². The molecule has 9 nitrogen and oxygen atoms in total. The monoisotopic (exact) mass is 597 g/mol. The van der Waals surface area contributed by atoms with Crippen LogP contribution in [0, 0.1) is 0 Å². The number of carbonyl (C=O) groups is 4. The van der Waals surface area contributed by atoms with Crippen LogP contribution in [0.25, 0.3) is 0 Å². The van der Waals surface area contributed by atoms with Gasteiger partial charge in [-0.25, -0.2) is 4.79 Å². The predicted molar refractivity (Wildman–Crippen MR) is 155 cm³/mol. The molecular formula is C30H29Cl2N3O6. The van der Waals surface area contributed by atoms with Gasteiger partial charge >= 0.3 is 11.9 Å². The van der Waals surface area contributed by atoms with Crippen LogP contribution in [0.15, 0.2) is 72.8 Å². The maximum absolute atomic E-state index is 13.3. The van der Waals surface area contributed by atoms with Crippen LogP contribution in [0.3, 0.4) is 0 Å². The quantitative estimate of drug-likeness (QED) is 0.288. The predicted octanol–water partition coefficient (Wildman–Crippen LogP) is 4.73. The normalized spacial score (nSPS) is 18.0. The zero-order valence-electron chi connectivity index (χ0n) is 22.3. The Morgan fingerprint density at radius 3 is 2.17 bits per heavy atom. The van der Waals surface area contributed by atoms with Crippen molar-refractivity contribution in [3.63, 3.8) is 0 Å². The molecule has 1 aliphatic heterocycles. The van der Waals surface area contributed by atoms with Crippen molar-refractivity contribution in [2.45, 2.75) is 43.9 Å². The third-order valence-electron chi connectivity index (χ3n) is 7.13. The summed E-state index contributed by atoms with van der Waals surface area (Å²) in [5.74, 6) is -2.57. The number of halogens is 2. The van der Waals surface area contributed by atoms with Crippen LogP contribution >= 0.6 is 23.2 Å². The lowest BCUT2D eigenvalue weighted by atomic mass is 9.87. The number of hydrogen-bond donors (Lipinski definition) is 3. The summed E-state index contributed by atoms with van der Waals surface area (Å²) in [6.45, 7) is 1.85. The van der Waals surface area contributed by atoms with Crippen molar-refractivity contribution < 1.29 is 29.0 Å². The van der Waals surface area contributed by atoms with Crippen molar-refractivity contribution in [2.24, 2.45) is 0 Å². The van der Waals surface area contributed by atoms with E-state index >= 15 is 0 Å². The van der Waals surface area contributed by atoms with Crippen LogP contribution in [0.1, 0.15) is 40.9 Å². The maximum atomic E-state index is 13.3. The van der Waals surface area contributed by atoms with Crippen molar-refractivity contribution in [1.29, 1.82) is 0 Å². The zero-order chi connectivity index (χ0) is 29.7. The van der Waals surface area contributed by atoms with E-state index < -0.39 is 41.9 Å². The molecule has 41 heavy (non-hydrogen) atoms. The van der Waals surface area contributed by atoms with Crippen LogP contribution in [-0.4, -0.2) is 59.0 Å². The first kappa shape index (κ1) is 30.0. The molecule has 1 heterocycles. The Bertz CT molecular complexity index is 1410. The molecule has 0 aliphatic carbocycles. The number of aliphatic carboxylic acids is 1. The number of carbonyl (C=O) groups excluding carboxylic acids is 3. The number of likely N-dealkylation sites (tertiary alicyclic amines) is 1. The first-order valence-corrected chi connectivity index (χ1v) is 13.6. The fraction of sp³-hybridized carbons (Fsp3) is 0.267. The molecule has 3 N–H and O–H groups in total. The van der Waals surface area contributed by atoms with E-state index in [1.165, 1.54) is 7.11 Å². The summed E-state index contributed by atoms with van der Waals surface area (Å²) < 4.78 is 4.92. The molecule has 3 aromatic carbocycles. The molecule has 0 bridgehead atoms. The van der Waals surface area contributed by atoms with E-state index in [2.05, 4.69) is 10.6 Å². The Morgan fingerprint density at radius 2 is 1.59 bits per heavy atom. The van der Waals surface area contributed by atoms with Crippen LogP contribution in [0.4, 0.5) is 5.69 Å². The fourth-order valence-electron chi connectivity index (χ4n) is 4.92. The SMILES string of the molecule is COC(=O)C(Cc1ccc(NC(=O)c2c(Cl)cccc2Cl)cc1)NC(=O)[C@H]1C[C@@H](C(=O)O)N1[C@@H](C)c1ccccc1. The molecular weight excluding hydrogens is 569 g/mol. The molecule has 11 heteroatoms. The molecule has 0 radical (unpaired) electrons. The van der Waals surface area contributed by atoms with Crippen molar-refractivity contribution in [3.05, 3.63) is 99.5 Å². The molecule has 1 fully saturated rings. The first-order chi connectivity index (χ1) is 19.6. The van der Waals surface area contributed by atoms with Gasteiger partial charge in [0, 0.05) is 18.2 Å². The maximum Gasteiger partial charge on any atom is 0.328 e. The topological polar surface area (TPSA) is 125 Å². The summed E-state index contributed by atoms with van der Waals surface area (Å²) in [6.07, 6.45) is 0.238. The van der Waals surface area contributed by atoms with E-state index in [1.807, 2.05) is 37.3 Å². The number of methoxy groups -OCH3 is 1. The van der Waals surface area contributed by atoms with Crippen LogP contribution < -0.4 is 10.6 Å². The van der Waals surface area contributed by atoms with Gasteiger partial charge in [0.25, 0.3) is 5.91 Å². The third-order valence-corrected chi connectivity index (χ3v) is 7.76. The van der Waals surface area contributed by atoms with E-state index in [0.29, 0.717) is 11.3 Å². The van der Waals surface area contributed by atoms with E-state index in [-0.39, 0.29) is 34.5 Å². The number of amides is 2. The number of anilines is 1. The molecule has 1 unspecified atom stereocenters. The summed E-state index contributed by atoms with van der Waals surface area (Å²) in [5, 5.41) is 15.6. The number of ether oxygens (including phenoxy) is 1. The molecule has 2 amide bonds. The number of nitrogens with zero attached hydrogens (tertiary/aromatic N) is 1. The van der Waals surface area contributed by atoms with Crippen molar-refractivity contribution in [1.82, 2.24) is 10.2 Å². The van der Waals surface area contributed by atoms with Gasteiger partial charge in [0.05, 0.1) is 28.8 Å². The molecule has 1 saturated heterocycles. The number of carboxylic acids is 1. The van der Waals surface area contributed by atoms with Gasteiger partial charge < -0.3 is 20.5 Å². The van der Waals surface area contributed by atoms with Crippen molar-refractivity contribution >= 4 is 52.6 Å². The second-order valence-electron chi connectivity index (χ2n) is 9.68. The number of rotatable bonds is 10. The molecule has 4 atom stereocenters. The van der Waals surface area contributed by atoms with Crippen LogP contribution in [-0.2, 0) is 25.5 Å². The number of hydrogen-bond acceptors (Lipinski definition) is 6.